The molecular weight excluding hydrogens is 410 g/mol. The largest absolute Gasteiger partial charge is 0.343 e. The van der Waals surface area contributed by atoms with Gasteiger partial charge in [0.05, 0.1) is 6.04 Å². The molecule has 0 saturated heterocycles. The van der Waals surface area contributed by atoms with Crippen LogP contribution in [0.15, 0.2) is 48.5 Å². The van der Waals surface area contributed by atoms with Gasteiger partial charge in [0.15, 0.2) is 0 Å². The van der Waals surface area contributed by atoms with Crippen LogP contribution in [0.1, 0.15) is 56.7 Å². The van der Waals surface area contributed by atoms with Gasteiger partial charge < -0.3 is 16.0 Å². The number of carbonyl (C=O) groups is 2. The second-order valence-electron chi connectivity index (χ2n) is 8.86. The van der Waals surface area contributed by atoms with Gasteiger partial charge in [0.1, 0.15) is 6.04 Å². The third kappa shape index (κ3) is 6.81. The molecule has 2 atom stereocenters. The molecule has 2 aromatic rings. The number of amides is 2. The van der Waals surface area contributed by atoms with E-state index in [-0.39, 0.29) is 36.2 Å². The van der Waals surface area contributed by atoms with Gasteiger partial charge in [-0.3, -0.25) is 9.59 Å². The molecule has 2 amide bonds. The van der Waals surface area contributed by atoms with Gasteiger partial charge in [-0.1, -0.05) is 64.1 Å². The molecule has 0 saturated carbocycles. The van der Waals surface area contributed by atoms with E-state index in [1.54, 1.807) is 0 Å². The molecule has 3 N–H and O–H groups in total. The van der Waals surface area contributed by atoms with E-state index in [2.05, 4.69) is 55.8 Å². The number of fused-ring (bicyclic) bond motifs is 1. The van der Waals surface area contributed by atoms with Crippen LogP contribution in [0, 0.1) is 5.92 Å². The van der Waals surface area contributed by atoms with E-state index in [4.69, 9.17) is 0 Å². The number of anilines is 1. The van der Waals surface area contributed by atoms with Gasteiger partial charge in [-0.15, -0.1) is 12.4 Å². The van der Waals surface area contributed by atoms with Crippen molar-refractivity contribution in [2.45, 2.75) is 65.1 Å². The lowest BCUT2D eigenvalue weighted by atomic mass is 9.95. The predicted octanol–water partition coefficient (Wildman–Crippen LogP) is 4.42. The maximum atomic E-state index is 12.9. The quantitative estimate of drug-likeness (QED) is 0.593. The van der Waals surface area contributed by atoms with Crippen LogP contribution in [0.25, 0.3) is 0 Å². The number of nitrogens with one attached hydrogen (secondary N) is 3. The number of hydrogen-bond donors (Lipinski definition) is 3. The van der Waals surface area contributed by atoms with E-state index in [1.165, 1.54) is 16.7 Å². The van der Waals surface area contributed by atoms with Crippen LogP contribution in [0.5, 0.6) is 0 Å². The van der Waals surface area contributed by atoms with Crippen molar-refractivity contribution in [3.8, 4) is 0 Å². The summed E-state index contributed by atoms with van der Waals surface area (Å²) < 4.78 is 0. The van der Waals surface area contributed by atoms with E-state index in [1.807, 2.05) is 36.4 Å². The third-order valence-electron chi connectivity index (χ3n) is 5.58. The van der Waals surface area contributed by atoms with Crippen LogP contribution in [0.2, 0.25) is 0 Å². The Hall–Kier alpha value is -2.37. The first kappa shape index (κ1) is 24.9. The van der Waals surface area contributed by atoms with Crippen molar-refractivity contribution in [1.29, 1.82) is 0 Å². The maximum Gasteiger partial charge on any atom is 0.246 e. The molecule has 0 unspecified atom stereocenters. The summed E-state index contributed by atoms with van der Waals surface area (Å²) in [6.07, 6.45) is 1.22. The first-order chi connectivity index (χ1) is 14.3. The van der Waals surface area contributed by atoms with E-state index in [0.717, 1.165) is 5.69 Å². The highest BCUT2D eigenvalue weighted by molar-refractivity contribution is 5.98. The monoisotopic (exact) mass is 443 g/mol. The average Bonchev–Trinajstić information content (AvgIpc) is 2.72. The normalized spacial score (nSPS) is 16.3. The van der Waals surface area contributed by atoms with Crippen molar-refractivity contribution in [3.05, 3.63) is 65.2 Å². The summed E-state index contributed by atoms with van der Waals surface area (Å²) in [5.74, 6) is 0.422. The maximum absolute atomic E-state index is 12.9. The van der Waals surface area contributed by atoms with Gasteiger partial charge in [0, 0.05) is 12.2 Å². The Labute approximate surface area is 191 Å². The first-order valence-corrected chi connectivity index (χ1v) is 10.8. The Kier molecular flexibility index (Phi) is 9.08. The minimum Gasteiger partial charge on any atom is -0.343 e. The van der Waals surface area contributed by atoms with Crippen molar-refractivity contribution >= 4 is 29.9 Å². The van der Waals surface area contributed by atoms with Gasteiger partial charge in [-0.05, 0) is 53.5 Å². The van der Waals surface area contributed by atoms with E-state index in [9.17, 15) is 9.59 Å². The predicted molar refractivity (Wildman–Crippen MR) is 129 cm³/mol. The van der Waals surface area contributed by atoms with Gasteiger partial charge >= 0.3 is 0 Å². The van der Waals surface area contributed by atoms with Crippen molar-refractivity contribution in [2.75, 3.05) is 5.32 Å². The zero-order chi connectivity index (χ0) is 21.7. The highest BCUT2D eigenvalue weighted by Gasteiger charge is 2.28. The highest BCUT2D eigenvalue weighted by atomic mass is 35.5. The Bertz CT molecular complexity index is 881. The number of halogens is 1. The molecule has 3 rings (SSSR count). The lowest BCUT2D eigenvalue weighted by Gasteiger charge is -2.28. The zero-order valence-corrected chi connectivity index (χ0v) is 19.6. The number of hydrogen-bond acceptors (Lipinski definition) is 3. The molecular formula is C25H34ClN3O2. The standard InChI is InChI=1S/C25H33N3O2.ClH/c1-16(2)13-23(25(30)27-21-11-9-18(10-12-21)17(3)4)28-24(29)22-14-19-7-5-6-8-20(19)15-26-22;/h5-12,16-17,22-23,26H,13-15H2,1-4H3,(H,27,30)(H,28,29);1H/t22-,23+;/m0./s1. The zero-order valence-electron chi connectivity index (χ0n) is 18.8. The van der Waals surface area contributed by atoms with E-state index in [0.29, 0.717) is 25.3 Å². The molecule has 5 nitrogen and oxygen atoms in total. The molecule has 6 heteroatoms. The van der Waals surface area contributed by atoms with Crippen molar-refractivity contribution < 1.29 is 9.59 Å². The highest BCUT2D eigenvalue weighted by Crippen LogP contribution is 2.19. The van der Waals surface area contributed by atoms with E-state index >= 15 is 0 Å². The average molecular weight is 444 g/mol. The minimum absolute atomic E-state index is 0. The fourth-order valence-corrected chi connectivity index (χ4v) is 3.80. The summed E-state index contributed by atoms with van der Waals surface area (Å²) in [5, 5.41) is 9.24. The summed E-state index contributed by atoms with van der Waals surface area (Å²) >= 11 is 0. The molecule has 31 heavy (non-hydrogen) atoms. The molecule has 2 aromatic carbocycles. The van der Waals surface area contributed by atoms with Gasteiger partial charge in [0.25, 0.3) is 0 Å². The van der Waals surface area contributed by atoms with Crippen molar-refractivity contribution in [2.24, 2.45) is 5.92 Å². The van der Waals surface area contributed by atoms with Crippen molar-refractivity contribution in [3.63, 3.8) is 0 Å². The number of rotatable bonds is 7. The summed E-state index contributed by atoms with van der Waals surface area (Å²) in [7, 11) is 0. The minimum atomic E-state index is -0.568. The lowest BCUT2D eigenvalue weighted by Crippen LogP contribution is -2.53. The fourth-order valence-electron chi connectivity index (χ4n) is 3.80. The number of benzene rings is 2. The van der Waals surface area contributed by atoms with E-state index < -0.39 is 6.04 Å². The van der Waals surface area contributed by atoms with Crippen LogP contribution < -0.4 is 16.0 Å². The van der Waals surface area contributed by atoms with Gasteiger partial charge in [0.2, 0.25) is 11.8 Å². The fraction of sp³-hybridized carbons (Fsp3) is 0.440. The molecule has 0 radical (unpaired) electrons. The molecule has 1 aliphatic rings. The third-order valence-corrected chi connectivity index (χ3v) is 5.58. The van der Waals surface area contributed by atoms with Gasteiger partial charge in [-0.25, -0.2) is 0 Å². The second-order valence-corrected chi connectivity index (χ2v) is 8.86. The van der Waals surface area contributed by atoms with Crippen LogP contribution in [0.3, 0.4) is 0 Å². The summed E-state index contributed by atoms with van der Waals surface area (Å²) in [6.45, 7) is 9.05. The Morgan fingerprint density at radius 2 is 1.65 bits per heavy atom. The molecule has 0 aliphatic carbocycles. The molecule has 0 bridgehead atoms. The smallest absolute Gasteiger partial charge is 0.246 e. The second kappa shape index (κ2) is 11.3. The number of carbonyl (C=O) groups excluding carboxylic acids is 2. The topological polar surface area (TPSA) is 70.2 Å². The van der Waals surface area contributed by atoms with Crippen molar-refractivity contribution in [1.82, 2.24) is 10.6 Å². The van der Waals surface area contributed by atoms with Crippen LogP contribution in [-0.4, -0.2) is 23.9 Å². The van der Waals surface area contributed by atoms with Gasteiger partial charge in [-0.2, -0.15) is 0 Å². The van der Waals surface area contributed by atoms with Crippen LogP contribution >= 0.6 is 12.4 Å². The molecule has 0 aromatic heterocycles. The summed E-state index contributed by atoms with van der Waals surface area (Å²) in [5.41, 5.74) is 4.38. The first-order valence-electron chi connectivity index (χ1n) is 10.8. The lowest BCUT2D eigenvalue weighted by molar-refractivity contribution is -0.128. The van der Waals surface area contributed by atoms with Crippen LogP contribution in [-0.2, 0) is 22.6 Å². The molecule has 0 fully saturated rings. The molecule has 1 heterocycles. The summed E-state index contributed by atoms with van der Waals surface area (Å²) in [4.78, 5) is 25.9. The Morgan fingerprint density at radius 3 is 2.26 bits per heavy atom. The Balaban J connectivity index is 0.00000341. The SMILES string of the molecule is CC(C)C[C@@H](NC(=O)[C@@H]1Cc2ccccc2CN1)C(=O)Nc1ccc(C(C)C)cc1.Cl. The molecule has 168 valence electrons. The molecule has 0 spiro atoms. The Morgan fingerprint density at radius 1 is 1.00 bits per heavy atom. The van der Waals surface area contributed by atoms with Crippen LogP contribution in [0.4, 0.5) is 5.69 Å². The molecule has 1 aliphatic heterocycles. The summed E-state index contributed by atoms with van der Waals surface area (Å²) in [6, 6.07) is 15.2.